The second-order valence-electron chi connectivity index (χ2n) is 10.5. The van der Waals surface area contributed by atoms with Gasteiger partial charge in [0.15, 0.2) is 5.78 Å². The van der Waals surface area contributed by atoms with Gasteiger partial charge in [0.25, 0.3) is 5.91 Å². The first-order valence-electron chi connectivity index (χ1n) is 13.3. The van der Waals surface area contributed by atoms with E-state index >= 15 is 0 Å². The highest BCUT2D eigenvalue weighted by molar-refractivity contribution is 9.09. The lowest BCUT2D eigenvalue weighted by molar-refractivity contribution is -0.160. The average molecular weight is 659 g/mol. The third-order valence-corrected chi connectivity index (χ3v) is 9.39. The molecule has 0 radical (unpaired) electrons. The van der Waals surface area contributed by atoms with E-state index in [1.165, 1.54) is 13.1 Å². The number of hydrogen-bond acceptors (Lipinski definition) is 7. The molecule has 3 aromatic carbocycles. The van der Waals surface area contributed by atoms with Crippen molar-refractivity contribution in [2.24, 2.45) is 11.1 Å². The number of likely N-dealkylation sites (N-methyl/N-ethyl adjacent to an activating group) is 1. The molecule has 0 aromatic heterocycles. The van der Waals surface area contributed by atoms with E-state index in [0.29, 0.717) is 16.7 Å². The Morgan fingerprint density at radius 2 is 1.69 bits per heavy atom. The fourth-order valence-electron chi connectivity index (χ4n) is 5.12. The van der Waals surface area contributed by atoms with Gasteiger partial charge in [-0.15, -0.1) is 0 Å². The largest absolute Gasteiger partial charge is 0.481 e. The molecule has 10 nitrogen and oxygen atoms in total. The molecular formula is C30H32BrN3O7S. The number of fused-ring (bicyclic) bond motifs is 1. The summed E-state index contributed by atoms with van der Waals surface area (Å²) in [7, 11) is -2.69. The van der Waals surface area contributed by atoms with Crippen molar-refractivity contribution < 1.29 is 32.7 Å². The number of carboxylic acids is 1. The number of carbonyl (C=O) groups is 3. The topological polar surface area (TPSA) is 142 Å². The number of nitrogens with zero attached hydrogens (tertiary/aromatic N) is 2. The molecule has 1 heterocycles. The van der Waals surface area contributed by atoms with Crippen molar-refractivity contribution in [2.45, 2.75) is 49.3 Å². The van der Waals surface area contributed by atoms with Crippen LogP contribution >= 0.6 is 15.9 Å². The predicted molar refractivity (Wildman–Crippen MR) is 162 cm³/mol. The summed E-state index contributed by atoms with van der Waals surface area (Å²) >= 11 is 3.07. The van der Waals surface area contributed by atoms with E-state index in [1.54, 1.807) is 48.5 Å². The van der Waals surface area contributed by atoms with Crippen LogP contribution in [0.3, 0.4) is 0 Å². The number of Topliss-reactive ketones (excluding diaryl/α,β-unsaturated/α-hetero) is 1. The van der Waals surface area contributed by atoms with E-state index in [2.05, 4.69) is 25.8 Å². The fraction of sp³-hybridized carbons (Fsp3) is 0.333. The van der Waals surface area contributed by atoms with Crippen LogP contribution in [0.4, 0.5) is 0 Å². The SMILES string of the molecule is CC(C)[C@H](NS(=O)(=O)c1cccc2ccccc12)C1=NOC(C(=O)N(C)[C@@H](CC(=O)O)C(=O)CBr)(c2ccccc2)C1. The number of benzene rings is 3. The van der Waals surface area contributed by atoms with Crippen LogP contribution in [0.25, 0.3) is 10.8 Å². The maximum Gasteiger partial charge on any atom is 0.305 e. The summed E-state index contributed by atoms with van der Waals surface area (Å²) in [6.07, 6.45) is -0.714. The van der Waals surface area contributed by atoms with Crippen molar-refractivity contribution in [1.82, 2.24) is 9.62 Å². The molecule has 4 rings (SSSR count). The molecule has 0 aliphatic carbocycles. The average Bonchev–Trinajstić information content (AvgIpc) is 3.43. The highest BCUT2D eigenvalue weighted by atomic mass is 79.9. The highest BCUT2D eigenvalue weighted by Crippen LogP contribution is 2.39. The molecule has 3 aromatic rings. The number of rotatable bonds is 12. The molecule has 1 amide bonds. The van der Waals surface area contributed by atoms with Gasteiger partial charge in [-0.05, 0) is 17.4 Å². The van der Waals surface area contributed by atoms with E-state index < -0.39 is 51.8 Å². The lowest BCUT2D eigenvalue weighted by atomic mass is 9.84. The van der Waals surface area contributed by atoms with E-state index in [1.807, 2.05) is 32.0 Å². The molecule has 0 fully saturated rings. The maximum atomic E-state index is 14.1. The summed E-state index contributed by atoms with van der Waals surface area (Å²) in [5.74, 6) is -2.69. The fourth-order valence-corrected chi connectivity index (χ4v) is 7.10. The molecular weight excluding hydrogens is 626 g/mol. The number of halogens is 1. The summed E-state index contributed by atoms with van der Waals surface area (Å²) < 4.78 is 30.2. The van der Waals surface area contributed by atoms with Gasteiger partial charge in [-0.3, -0.25) is 14.4 Å². The van der Waals surface area contributed by atoms with Gasteiger partial charge in [-0.1, -0.05) is 102 Å². The van der Waals surface area contributed by atoms with Gasteiger partial charge in [0.2, 0.25) is 15.6 Å². The molecule has 1 unspecified atom stereocenters. The van der Waals surface area contributed by atoms with Gasteiger partial charge >= 0.3 is 5.97 Å². The highest BCUT2D eigenvalue weighted by Gasteiger charge is 2.53. The second-order valence-corrected chi connectivity index (χ2v) is 12.7. The second kappa shape index (κ2) is 12.7. The van der Waals surface area contributed by atoms with Gasteiger partial charge in [-0.2, -0.15) is 0 Å². The van der Waals surface area contributed by atoms with Crippen LogP contribution in [0.5, 0.6) is 0 Å². The molecule has 0 saturated carbocycles. The Bertz CT molecular complexity index is 1620. The van der Waals surface area contributed by atoms with Crippen molar-refractivity contribution in [3.8, 4) is 0 Å². The Kier molecular flexibility index (Phi) is 9.49. The molecule has 0 spiro atoms. The Hall–Kier alpha value is -3.61. The number of nitrogens with one attached hydrogen (secondary N) is 1. The minimum absolute atomic E-state index is 0.112. The standard InChI is InChI=1S/C30H32BrN3O7S/c1-19(2)28(33-42(39,40)26-15-9-11-20-10-7-8-14-22(20)26)23-17-30(41-32-23,21-12-5-4-6-13-21)29(38)34(3)24(16-27(36)37)25(35)18-31/h4-15,19,24,28,33H,16-18H2,1-3H3,(H,36,37)/t24-,28-,30?/m0/s1. The summed E-state index contributed by atoms with van der Waals surface area (Å²) in [6, 6.07) is 18.7. The van der Waals surface area contributed by atoms with Crippen molar-refractivity contribution >= 4 is 60.1 Å². The first-order chi connectivity index (χ1) is 19.9. The van der Waals surface area contributed by atoms with Gasteiger partial charge in [-0.25, -0.2) is 13.1 Å². The summed E-state index contributed by atoms with van der Waals surface area (Å²) in [6.45, 7) is 3.65. The van der Waals surface area contributed by atoms with Crippen LogP contribution in [-0.4, -0.2) is 66.3 Å². The Morgan fingerprint density at radius 3 is 2.33 bits per heavy atom. The number of sulfonamides is 1. The van der Waals surface area contributed by atoms with E-state index in [0.717, 1.165) is 10.3 Å². The Morgan fingerprint density at radius 1 is 1.05 bits per heavy atom. The number of aliphatic carboxylic acids is 1. The molecule has 2 N–H and O–H groups in total. The van der Waals surface area contributed by atoms with Crippen LogP contribution in [0.2, 0.25) is 0 Å². The third kappa shape index (κ3) is 6.25. The van der Waals surface area contributed by atoms with Crippen LogP contribution in [0, 0.1) is 5.92 Å². The zero-order chi connectivity index (χ0) is 30.7. The monoisotopic (exact) mass is 657 g/mol. The van der Waals surface area contributed by atoms with E-state index in [-0.39, 0.29) is 22.6 Å². The number of alkyl halides is 1. The van der Waals surface area contributed by atoms with Crippen molar-refractivity contribution in [2.75, 3.05) is 12.4 Å². The summed E-state index contributed by atoms with van der Waals surface area (Å²) in [5.41, 5.74) is -1.02. The minimum atomic E-state index is -4.05. The molecule has 3 atom stereocenters. The lowest BCUT2D eigenvalue weighted by Gasteiger charge is -2.34. The molecule has 42 heavy (non-hydrogen) atoms. The first kappa shape index (κ1) is 31.3. The Labute approximate surface area is 252 Å². The van der Waals surface area contributed by atoms with Crippen LogP contribution in [0.15, 0.2) is 82.8 Å². The van der Waals surface area contributed by atoms with Crippen molar-refractivity contribution in [3.63, 3.8) is 0 Å². The normalized spacial score (nSPS) is 18.3. The van der Waals surface area contributed by atoms with Gasteiger partial charge in [0.1, 0.15) is 6.04 Å². The number of carbonyl (C=O) groups excluding carboxylic acids is 2. The summed E-state index contributed by atoms with van der Waals surface area (Å²) in [4.78, 5) is 45.4. The van der Waals surface area contributed by atoms with Crippen LogP contribution < -0.4 is 4.72 Å². The van der Waals surface area contributed by atoms with Gasteiger partial charge in [0, 0.05) is 24.4 Å². The van der Waals surface area contributed by atoms with Gasteiger partial charge < -0.3 is 14.8 Å². The molecule has 0 bridgehead atoms. The lowest BCUT2D eigenvalue weighted by Crippen LogP contribution is -2.53. The zero-order valence-electron chi connectivity index (χ0n) is 23.4. The van der Waals surface area contributed by atoms with E-state index in [4.69, 9.17) is 4.84 Å². The zero-order valence-corrected chi connectivity index (χ0v) is 25.8. The molecule has 12 heteroatoms. The number of hydrogen-bond donors (Lipinski definition) is 2. The molecule has 0 saturated heterocycles. The van der Waals surface area contributed by atoms with Crippen molar-refractivity contribution in [1.29, 1.82) is 0 Å². The Balaban J connectivity index is 1.70. The van der Waals surface area contributed by atoms with E-state index in [9.17, 15) is 27.9 Å². The smallest absolute Gasteiger partial charge is 0.305 e. The van der Waals surface area contributed by atoms with Crippen LogP contribution in [-0.2, 0) is 34.8 Å². The number of carboxylic acid groups (broad SMARTS) is 1. The van der Waals surface area contributed by atoms with Gasteiger partial charge in [0.05, 0.1) is 28.4 Å². The van der Waals surface area contributed by atoms with Crippen LogP contribution in [0.1, 0.15) is 32.3 Å². The molecule has 222 valence electrons. The predicted octanol–water partition coefficient (Wildman–Crippen LogP) is 4.08. The number of amides is 1. The number of ketones is 1. The molecule has 1 aliphatic rings. The quantitative estimate of drug-likeness (QED) is 0.280. The molecule has 1 aliphatic heterocycles. The van der Waals surface area contributed by atoms with Crippen molar-refractivity contribution in [3.05, 3.63) is 78.4 Å². The number of oxime groups is 1. The third-order valence-electron chi connectivity index (χ3n) is 7.34. The summed E-state index contributed by atoms with van der Waals surface area (Å²) in [5, 5.41) is 14.9. The first-order valence-corrected chi connectivity index (χ1v) is 15.9. The minimum Gasteiger partial charge on any atom is -0.481 e. The maximum absolute atomic E-state index is 14.1.